The first kappa shape index (κ1) is 21.1. The van der Waals surface area contributed by atoms with Gasteiger partial charge in [-0.15, -0.1) is 0 Å². The molecule has 156 valence electrons. The van der Waals surface area contributed by atoms with E-state index >= 15 is 0 Å². The average molecular weight is 421 g/mol. The number of methoxy groups -OCH3 is 1. The quantitative estimate of drug-likeness (QED) is 0.770. The fourth-order valence-electron chi connectivity index (χ4n) is 3.22. The first-order valence-corrected chi connectivity index (χ1v) is 10.7. The van der Waals surface area contributed by atoms with Crippen molar-refractivity contribution in [3.8, 4) is 5.75 Å². The van der Waals surface area contributed by atoms with Crippen LogP contribution < -0.4 is 14.4 Å². The number of hydrogen-bond acceptors (Lipinski definition) is 5. The number of carbonyl (C=O) groups excluding carboxylic acids is 1. The molecule has 1 aliphatic heterocycles. The number of piperazine rings is 1. The number of hydrogen-bond donors (Lipinski definition) is 1. The van der Waals surface area contributed by atoms with Gasteiger partial charge in [0.1, 0.15) is 11.6 Å². The van der Waals surface area contributed by atoms with Gasteiger partial charge in [-0.05, 0) is 55.5 Å². The van der Waals surface area contributed by atoms with Crippen LogP contribution in [0.4, 0.5) is 10.1 Å². The van der Waals surface area contributed by atoms with Gasteiger partial charge in [0.25, 0.3) is 0 Å². The molecule has 1 heterocycles. The van der Waals surface area contributed by atoms with E-state index in [2.05, 4.69) is 9.62 Å². The first-order chi connectivity index (χ1) is 13.8. The number of ether oxygens (including phenoxy) is 1. The normalized spacial score (nSPS) is 15.8. The molecule has 1 amide bonds. The Morgan fingerprint density at radius 3 is 2.17 bits per heavy atom. The number of nitrogens with one attached hydrogen (secondary N) is 1. The predicted molar refractivity (Wildman–Crippen MR) is 108 cm³/mol. The van der Waals surface area contributed by atoms with Crippen molar-refractivity contribution in [2.24, 2.45) is 0 Å². The lowest BCUT2D eigenvalue weighted by Crippen LogP contribution is -2.54. The second-order valence-electron chi connectivity index (χ2n) is 6.81. The Kier molecular flexibility index (Phi) is 6.39. The molecule has 0 saturated carbocycles. The zero-order valence-electron chi connectivity index (χ0n) is 16.3. The fraction of sp³-hybridized carbons (Fsp3) is 0.350. The van der Waals surface area contributed by atoms with Gasteiger partial charge in [-0.2, -0.15) is 4.72 Å². The molecule has 1 N–H and O–H groups in total. The Morgan fingerprint density at radius 2 is 1.62 bits per heavy atom. The molecule has 0 bridgehead atoms. The number of anilines is 1. The van der Waals surface area contributed by atoms with Crippen LogP contribution in [0.15, 0.2) is 53.4 Å². The number of benzene rings is 2. The van der Waals surface area contributed by atoms with E-state index in [1.54, 1.807) is 29.2 Å². The topological polar surface area (TPSA) is 78.9 Å². The van der Waals surface area contributed by atoms with Crippen molar-refractivity contribution in [2.45, 2.75) is 17.9 Å². The Bertz CT molecular complexity index is 941. The van der Waals surface area contributed by atoms with Crippen LogP contribution in [0.25, 0.3) is 0 Å². The third-order valence-electron chi connectivity index (χ3n) is 4.86. The third kappa shape index (κ3) is 5.04. The lowest BCUT2D eigenvalue weighted by Gasteiger charge is -2.37. The molecule has 1 atom stereocenters. The van der Waals surface area contributed by atoms with E-state index in [1.165, 1.54) is 38.3 Å². The van der Waals surface area contributed by atoms with Crippen molar-refractivity contribution < 1.29 is 22.3 Å². The number of amides is 1. The minimum absolute atomic E-state index is 0.0686. The van der Waals surface area contributed by atoms with Gasteiger partial charge in [-0.1, -0.05) is 0 Å². The smallest absolute Gasteiger partial charge is 0.241 e. The molecule has 0 radical (unpaired) electrons. The Balaban J connectivity index is 1.58. The van der Waals surface area contributed by atoms with E-state index in [9.17, 15) is 17.6 Å². The van der Waals surface area contributed by atoms with Gasteiger partial charge < -0.3 is 14.5 Å². The number of carbonyl (C=O) groups is 1. The largest absolute Gasteiger partial charge is 0.497 e. The molecule has 1 aliphatic rings. The molecule has 29 heavy (non-hydrogen) atoms. The summed E-state index contributed by atoms with van der Waals surface area (Å²) in [6, 6.07) is 11.3. The summed E-state index contributed by atoms with van der Waals surface area (Å²) in [5.41, 5.74) is 0.895. The molecule has 0 aliphatic carbocycles. The van der Waals surface area contributed by atoms with Crippen LogP contribution in [0, 0.1) is 5.82 Å². The highest BCUT2D eigenvalue weighted by Crippen LogP contribution is 2.18. The molecule has 1 fully saturated rings. The van der Waals surface area contributed by atoms with Crippen LogP contribution >= 0.6 is 0 Å². The average Bonchev–Trinajstić information content (AvgIpc) is 2.73. The fourth-order valence-corrected chi connectivity index (χ4v) is 4.41. The van der Waals surface area contributed by atoms with E-state index in [1.807, 2.05) is 0 Å². The van der Waals surface area contributed by atoms with Gasteiger partial charge in [0, 0.05) is 31.9 Å². The maximum atomic E-state index is 13.1. The third-order valence-corrected chi connectivity index (χ3v) is 6.41. The zero-order valence-corrected chi connectivity index (χ0v) is 17.2. The maximum absolute atomic E-state index is 13.1. The molecular weight excluding hydrogens is 397 g/mol. The van der Waals surface area contributed by atoms with Crippen LogP contribution in [0.5, 0.6) is 5.75 Å². The highest BCUT2D eigenvalue weighted by molar-refractivity contribution is 7.89. The molecule has 1 saturated heterocycles. The molecule has 3 rings (SSSR count). The van der Waals surface area contributed by atoms with E-state index in [0.717, 1.165) is 5.69 Å². The summed E-state index contributed by atoms with van der Waals surface area (Å²) in [4.78, 5) is 16.5. The molecule has 7 nitrogen and oxygen atoms in total. The minimum atomic E-state index is -3.83. The number of rotatable bonds is 6. The molecule has 0 aromatic heterocycles. The van der Waals surface area contributed by atoms with Gasteiger partial charge in [0.05, 0.1) is 18.0 Å². The standard InChI is InChI=1S/C20H24FN3O4S/c1-15(22-29(26,27)19-9-7-18(28-2)8-10-19)20(25)24-13-11-23(12-14-24)17-5-3-16(21)4-6-17/h3-10,15,22H,11-14H2,1-2H3/t15-/m0/s1. The van der Waals surface area contributed by atoms with Crippen molar-refractivity contribution >= 4 is 21.6 Å². The molecule has 2 aromatic carbocycles. The van der Waals surface area contributed by atoms with Crippen molar-refractivity contribution in [1.29, 1.82) is 0 Å². The van der Waals surface area contributed by atoms with E-state index in [0.29, 0.717) is 31.9 Å². The number of halogens is 1. The van der Waals surface area contributed by atoms with Crippen LogP contribution in [0.2, 0.25) is 0 Å². The summed E-state index contributed by atoms with van der Waals surface area (Å²) in [5, 5.41) is 0. The van der Waals surface area contributed by atoms with E-state index < -0.39 is 16.1 Å². The lowest BCUT2D eigenvalue weighted by atomic mass is 10.2. The molecule has 0 spiro atoms. The monoisotopic (exact) mass is 421 g/mol. The van der Waals surface area contributed by atoms with Gasteiger partial charge >= 0.3 is 0 Å². The Labute approximate surface area is 170 Å². The SMILES string of the molecule is COc1ccc(S(=O)(=O)N[C@@H](C)C(=O)N2CCN(c3ccc(F)cc3)CC2)cc1. The van der Waals surface area contributed by atoms with Crippen LogP contribution in [-0.2, 0) is 14.8 Å². The van der Waals surface area contributed by atoms with Gasteiger partial charge in [-0.25, -0.2) is 12.8 Å². The Hall–Kier alpha value is -2.65. The van der Waals surface area contributed by atoms with Crippen LogP contribution in [0.1, 0.15) is 6.92 Å². The van der Waals surface area contributed by atoms with Crippen molar-refractivity contribution in [2.75, 3.05) is 38.2 Å². The summed E-state index contributed by atoms with van der Waals surface area (Å²) < 4.78 is 45.6. The van der Waals surface area contributed by atoms with Crippen LogP contribution in [-0.4, -0.2) is 58.6 Å². The summed E-state index contributed by atoms with van der Waals surface area (Å²) in [6.45, 7) is 3.65. The van der Waals surface area contributed by atoms with Crippen molar-refractivity contribution in [3.63, 3.8) is 0 Å². The lowest BCUT2D eigenvalue weighted by molar-refractivity contribution is -0.132. The highest BCUT2D eigenvalue weighted by Gasteiger charge is 2.28. The van der Waals surface area contributed by atoms with Gasteiger partial charge in [0.2, 0.25) is 15.9 Å². The van der Waals surface area contributed by atoms with E-state index in [4.69, 9.17) is 4.74 Å². The maximum Gasteiger partial charge on any atom is 0.241 e. The summed E-state index contributed by atoms with van der Waals surface area (Å²) in [7, 11) is -2.33. The second kappa shape index (κ2) is 8.79. The highest BCUT2D eigenvalue weighted by atomic mass is 32.2. The van der Waals surface area contributed by atoms with Gasteiger partial charge in [0.15, 0.2) is 0 Å². The summed E-state index contributed by atoms with van der Waals surface area (Å²) in [5.74, 6) is -0.0199. The molecule has 0 unspecified atom stereocenters. The summed E-state index contributed by atoms with van der Waals surface area (Å²) in [6.07, 6.45) is 0. The zero-order chi connectivity index (χ0) is 21.0. The number of sulfonamides is 1. The number of nitrogens with zero attached hydrogens (tertiary/aromatic N) is 2. The minimum Gasteiger partial charge on any atom is -0.497 e. The first-order valence-electron chi connectivity index (χ1n) is 9.26. The molecular formula is C20H24FN3O4S. The molecule has 2 aromatic rings. The van der Waals surface area contributed by atoms with Crippen molar-refractivity contribution in [1.82, 2.24) is 9.62 Å². The predicted octanol–water partition coefficient (Wildman–Crippen LogP) is 1.85. The molecule has 9 heteroatoms. The summed E-state index contributed by atoms with van der Waals surface area (Å²) >= 11 is 0. The van der Waals surface area contributed by atoms with Crippen LogP contribution in [0.3, 0.4) is 0 Å². The van der Waals surface area contributed by atoms with Gasteiger partial charge in [-0.3, -0.25) is 4.79 Å². The second-order valence-corrected chi connectivity index (χ2v) is 8.52. The van der Waals surface area contributed by atoms with Crippen molar-refractivity contribution in [3.05, 3.63) is 54.3 Å². The Morgan fingerprint density at radius 1 is 1.03 bits per heavy atom. The van der Waals surface area contributed by atoms with E-state index in [-0.39, 0.29) is 16.6 Å².